The first-order valence-electron chi connectivity index (χ1n) is 5.50. The third-order valence-electron chi connectivity index (χ3n) is 2.51. The second-order valence-electron chi connectivity index (χ2n) is 3.81. The molecule has 2 nitrogen and oxygen atoms in total. The van der Waals surface area contributed by atoms with Gasteiger partial charge in [-0.05, 0) is 65.2 Å². The number of thioether (sulfide) groups is 1. The quantitative estimate of drug-likeness (QED) is 0.582. The molecule has 0 saturated carbocycles. The molecule has 0 atom stereocenters. The van der Waals surface area contributed by atoms with Crippen molar-refractivity contribution in [2.75, 3.05) is 11.6 Å². The number of nitrogens with one attached hydrogen (secondary N) is 1. The lowest BCUT2D eigenvalue weighted by Crippen LogP contribution is -2.11. The lowest BCUT2D eigenvalue weighted by atomic mass is 10.2. The van der Waals surface area contributed by atoms with Crippen LogP contribution in [0.25, 0.3) is 0 Å². The molecular formula is C14H11ClINOS. The maximum atomic E-state index is 12.1. The summed E-state index contributed by atoms with van der Waals surface area (Å²) in [5, 5.41) is 3.46. The zero-order valence-corrected chi connectivity index (χ0v) is 13.8. The number of benzene rings is 2. The van der Waals surface area contributed by atoms with E-state index in [1.165, 1.54) is 0 Å². The van der Waals surface area contributed by atoms with E-state index in [2.05, 4.69) is 27.9 Å². The number of amides is 1. The fourth-order valence-electron chi connectivity index (χ4n) is 1.54. The van der Waals surface area contributed by atoms with Crippen molar-refractivity contribution in [1.29, 1.82) is 0 Å². The molecule has 0 aliphatic heterocycles. The van der Waals surface area contributed by atoms with Gasteiger partial charge in [-0.3, -0.25) is 4.79 Å². The number of hydrogen-bond donors (Lipinski definition) is 1. The van der Waals surface area contributed by atoms with Crippen LogP contribution in [0.15, 0.2) is 47.4 Å². The van der Waals surface area contributed by atoms with E-state index in [0.29, 0.717) is 10.6 Å². The van der Waals surface area contributed by atoms with E-state index in [0.717, 1.165) is 14.2 Å². The van der Waals surface area contributed by atoms with Crippen LogP contribution in [0.5, 0.6) is 0 Å². The highest BCUT2D eigenvalue weighted by atomic mass is 127. The maximum absolute atomic E-state index is 12.1. The maximum Gasteiger partial charge on any atom is 0.255 e. The van der Waals surface area contributed by atoms with Crippen LogP contribution in [0, 0.1) is 3.57 Å². The molecule has 2 aromatic carbocycles. The second-order valence-corrected chi connectivity index (χ2v) is 6.26. The first kappa shape index (κ1) is 14.7. The molecule has 19 heavy (non-hydrogen) atoms. The van der Waals surface area contributed by atoms with E-state index >= 15 is 0 Å². The fraction of sp³-hybridized carbons (Fsp3) is 0.0714. The smallest absolute Gasteiger partial charge is 0.255 e. The Kier molecular flexibility index (Phi) is 5.13. The zero-order valence-electron chi connectivity index (χ0n) is 10.1. The molecule has 0 radical (unpaired) electrons. The summed E-state index contributed by atoms with van der Waals surface area (Å²) in [6, 6.07) is 13.0. The first-order chi connectivity index (χ1) is 9.10. The van der Waals surface area contributed by atoms with E-state index in [1.807, 2.05) is 36.6 Å². The van der Waals surface area contributed by atoms with E-state index < -0.39 is 0 Å². The first-order valence-corrected chi connectivity index (χ1v) is 8.19. The topological polar surface area (TPSA) is 29.1 Å². The summed E-state index contributed by atoms with van der Waals surface area (Å²) < 4.78 is 0.931. The van der Waals surface area contributed by atoms with Gasteiger partial charge in [-0.25, -0.2) is 0 Å². The van der Waals surface area contributed by atoms with Crippen LogP contribution < -0.4 is 5.32 Å². The van der Waals surface area contributed by atoms with Gasteiger partial charge < -0.3 is 5.32 Å². The highest BCUT2D eigenvalue weighted by Crippen LogP contribution is 2.22. The van der Waals surface area contributed by atoms with Crippen LogP contribution in [0.3, 0.4) is 0 Å². The number of carbonyl (C=O) groups is 1. The van der Waals surface area contributed by atoms with Crippen LogP contribution in [-0.2, 0) is 0 Å². The molecule has 5 heteroatoms. The summed E-state index contributed by atoms with van der Waals surface area (Å²) in [6.07, 6.45) is 2.00. The van der Waals surface area contributed by atoms with Gasteiger partial charge in [0.2, 0.25) is 0 Å². The average Bonchev–Trinajstić information content (AvgIpc) is 2.42. The molecule has 0 aliphatic rings. The Hall–Kier alpha value is -0.720. The van der Waals surface area contributed by atoms with Gasteiger partial charge in [0, 0.05) is 19.7 Å². The average molecular weight is 404 g/mol. The van der Waals surface area contributed by atoms with Crippen molar-refractivity contribution in [3.05, 3.63) is 56.6 Å². The number of halogens is 2. The number of rotatable bonds is 3. The van der Waals surface area contributed by atoms with E-state index in [4.69, 9.17) is 11.6 Å². The minimum Gasteiger partial charge on any atom is -0.322 e. The highest BCUT2D eigenvalue weighted by molar-refractivity contribution is 14.1. The molecule has 0 heterocycles. The second kappa shape index (κ2) is 6.63. The van der Waals surface area contributed by atoms with Crippen molar-refractivity contribution < 1.29 is 4.79 Å². The Morgan fingerprint density at radius 2 is 2.05 bits per heavy atom. The Morgan fingerprint density at radius 1 is 1.26 bits per heavy atom. The molecule has 0 fully saturated rings. The molecule has 98 valence electrons. The van der Waals surface area contributed by atoms with Crippen LogP contribution >= 0.6 is 46.0 Å². The molecule has 0 aliphatic carbocycles. The van der Waals surface area contributed by atoms with Gasteiger partial charge in [0.25, 0.3) is 5.91 Å². The van der Waals surface area contributed by atoms with Crippen molar-refractivity contribution in [2.24, 2.45) is 0 Å². The predicted molar refractivity (Wildman–Crippen MR) is 90.3 cm³/mol. The predicted octanol–water partition coefficient (Wildman–Crippen LogP) is 4.92. The van der Waals surface area contributed by atoms with Gasteiger partial charge in [-0.2, -0.15) is 0 Å². The summed E-state index contributed by atoms with van der Waals surface area (Å²) in [5.74, 6) is -0.156. The van der Waals surface area contributed by atoms with E-state index in [9.17, 15) is 4.79 Å². The lowest BCUT2D eigenvalue weighted by molar-refractivity contribution is 0.102. The van der Waals surface area contributed by atoms with Crippen LogP contribution in [0.4, 0.5) is 5.69 Å². The number of anilines is 1. The van der Waals surface area contributed by atoms with Gasteiger partial charge >= 0.3 is 0 Å². The van der Waals surface area contributed by atoms with E-state index in [1.54, 1.807) is 23.9 Å². The summed E-state index contributed by atoms with van der Waals surface area (Å²) in [7, 11) is 0. The van der Waals surface area contributed by atoms with Crippen molar-refractivity contribution in [2.45, 2.75) is 4.90 Å². The normalized spacial score (nSPS) is 10.3. The molecule has 0 aromatic heterocycles. The van der Waals surface area contributed by atoms with Crippen LogP contribution in [0.1, 0.15) is 10.4 Å². The molecule has 0 bridgehead atoms. The van der Waals surface area contributed by atoms with Crippen molar-refractivity contribution in [3.8, 4) is 0 Å². The summed E-state index contributed by atoms with van der Waals surface area (Å²) in [4.78, 5) is 13.2. The van der Waals surface area contributed by atoms with Crippen molar-refractivity contribution in [3.63, 3.8) is 0 Å². The Balaban J connectivity index is 2.18. The Morgan fingerprint density at radius 3 is 2.74 bits per heavy atom. The van der Waals surface area contributed by atoms with Gasteiger partial charge in [0.05, 0.1) is 5.02 Å². The Bertz CT molecular complexity index is 618. The van der Waals surface area contributed by atoms with Crippen molar-refractivity contribution >= 4 is 57.5 Å². The largest absolute Gasteiger partial charge is 0.322 e. The molecule has 0 saturated heterocycles. The molecular weight excluding hydrogens is 393 g/mol. The van der Waals surface area contributed by atoms with Gasteiger partial charge in [-0.15, -0.1) is 11.8 Å². The zero-order chi connectivity index (χ0) is 13.8. The van der Waals surface area contributed by atoms with Gasteiger partial charge in [0.15, 0.2) is 0 Å². The number of hydrogen-bond acceptors (Lipinski definition) is 2. The fourth-order valence-corrected chi connectivity index (χ4v) is 2.52. The molecule has 0 spiro atoms. The summed E-state index contributed by atoms with van der Waals surface area (Å²) in [6.45, 7) is 0. The van der Waals surface area contributed by atoms with E-state index in [-0.39, 0.29) is 5.91 Å². The molecule has 0 unspecified atom stereocenters. The summed E-state index contributed by atoms with van der Waals surface area (Å²) >= 11 is 9.79. The lowest BCUT2D eigenvalue weighted by Gasteiger charge is -2.07. The third-order valence-corrected chi connectivity index (χ3v) is 4.81. The van der Waals surface area contributed by atoms with Crippen molar-refractivity contribution in [1.82, 2.24) is 0 Å². The third kappa shape index (κ3) is 3.87. The molecule has 2 rings (SSSR count). The molecule has 2 aromatic rings. The summed E-state index contributed by atoms with van der Waals surface area (Å²) in [5.41, 5.74) is 1.34. The minimum atomic E-state index is -0.156. The Labute approximate surface area is 135 Å². The standard InChI is InChI=1S/C14H11ClINOS/c1-19-11-4-2-3-10(8-11)17-14(18)9-5-6-13(16)12(15)7-9/h2-8H,1H3,(H,17,18). The number of carbonyl (C=O) groups excluding carboxylic acids is 1. The molecule has 1 N–H and O–H groups in total. The SMILES string of the molecule is CSc1cccc(NC(=O)c2ccc(I)c(Cl)c2)c1. The molecule has 1 amide bonds. The van der Waals surface area contributed by atoms with Crippen LogP contribution in [0.2, 0.25) is 5.02 Å². The van der Waals surface area contributed by atoms with Gasteiger partial charge in [-0.1, -0.05) is 17.7 Å². The van der Waals surface area contributed by atoms with Gasteiger partial charge in [0.1, 0.15) is 0 Å². The minimum absolute atomic E-state index is 0.156. The highest BCUT2D eigenvalue weighted by Gasteiger charge is 2.08. The monoisotopic (exact) mass is 403 g/mol. The van der Waals surface area contributed by atoms with Crippen LogP contribution in [-0.4, -0.2) is 12.2 Å².